The van der Waals surface area contributed by atoms with Crippen LogP contribution >= 0.6 is 0 Å². The summed E-state index contributed by atoms with van der Waals surface area (Å²) in [6.45, 7) is 0. The van der Waals surface area contributed by atoms with Gasteiger partial charge in [-0.05, 0) is 18.2 Å². The molecule has 2 aliphatic rings. The number of fused-ring (bicyclic) bond motifs is 5. The van der Waals surface area contributed by atoms with Gasteiger partial charge in [0.2, 0.25) is 0 Å². The SMILES string of the molecule is O=C1c2ccccc2[C@]2(c3ccccc3)Nc3ccccc3N12. The van der Waals surface area contributed by atoms with Crippen molar-refractivity contribution < 1.29 is 4.79 Å². The zero-order chi connectivity index (χ0) is 15.4. The molecule has 110 valence electrons. The third-order valence-electron chi connectivity index (χ3n) is 4.74. The molecule has 0 radical (unpaired) electrons. The molecule has 0 bridgehead atoms. The highest BCUT2D eigenvalue weighted by Gasteiger charge is 2.55. The Balaban J connectivity index is 1.87. The lowest BCUT2D eigenvalue weighted by atomic mass is 9.91. The molecule has 0 saturated heterocycles. The van der Waals surface area contributed by atoms with Crippen molar-refractivity contribution in [3.63, 3.8) is 0 Å². The Labute approximate surface area is 134 Å². The minimum absolute atomic E-state index is 0.0434. The van der Waals surface area contributed by atoms with E-state index in [0.717, 1.165) is 28.1 Å². The minimum Gasteiger partial charge on any atom is -0.353 e. The van der Waals surface area contributed by atoms with Crippen LogP contribution in [-0.4, -0.2) is 5.91 Å². The van der Waals surface area contributed by atoms with E-state index >= 15 is 0 Å². The standard InChI is InChI=1S/C20H14N2O/c23-19-15-10-4-5-11-16(15)20(14-8-2-1-3-9-14)21-17-12-6-7-13-18(17)22(19)20/h1-13,21H/t20-/m1/s1. The van der Waals surface area contributed by atoms with Crippen LogP contribution in [0.4, 0.5) is 11.4 Å². The van der Waals surface area contributed by atoms with Gasteiger partial charge in [-0.15, -0.1) is 0 Å². The van der Waals surface area contributed by atoms with Crippen LogP contribution in [0.15, 0.2) is 78.9 Å². The number of hydrogen-bond donors (Lipinski definition) is 1. The van der Waals surface area contributed by atoms with Gasteiger partial charge in [0.05, 0.1) is 11.4 Å². The number of carbonyl (C=O) groups excluding carboxylic acids is 1. The molecule has 0 fully saturated rings. The average molecular weight is 298 g/mol. The Bertz CT molecular complexity index is 935. The molecular formula is C20H14N2O. The van der Waals surface area contributed by atoms with E-state index < -0.39 is 5.66 Å². The van der Waals surface area contributed by atoms with Gasteiger partial charge in [-0.2, -0.15) is 0 Å². The smallest absolute Gasteiger partial charge is 0.261 e. The van der Waals surface area contributed by atoms with E-state index in [2.05, 4.69) is 17.4 Å². The van der Waals surface area contributed by atoms with E-state index in [4.69, 9.17) is 0 Å². The highest BCUT2D eigenvalue weighted by molar-refractivity contribution is 6.16. The Hall–Kier alpha value is -3.07. The summed E-state index contributed by atoms with van der Waals surface area (Å²) in [4.78, 5) is 15.0. The molecule has 0 spiro atoms. The van der Waals surface area contributed by atoms with Crippen molar-refractivity contribution in [2.75, 3.05) is 10.2 Å². The van der Waals surface area contributed by atoms with E-state index in [1.54, 1.807) is 0 Å². The van der Waals surface area contributed by atoms with E-state index in [0.29, 0.717) is 0 Å². The van der Waals surface area contributed by atoms with Crippen LogP contribution in [0.5, 0.6) is 0 Å². The van der Waals surface area contributed by atoms with Crippen LogP contribution in [0.1, 0.15) is 21.5 Å². The third kappa shape index (κ3) is 1.41. The number of hydrogen-bond acceptors (Lipinski definition) is 2. The molecule has 0 saturated carbocycles. The number of benzene rings is 3. The van der Waals surface area contributed by atoms with E-state index in [9.17, 15) is 4.79 Å². The zero-order valence-electron chi connectivity index (χ0n) is 12.4. The number of para-hydroxylation sites is 2. The molecule has 3 aromatic rings. The quantitative estimate of drug-likeness (QED) is 0.737. The molecular weight excluding hydrogens is 284 g/mol. The molecule has 5 rings (SSSR count). The number of carbonyl (C=O) groups is 1. The maximum Gasteiger partial charge on any atom is 0.261 e. The highest BCUT2D eigenvalue weighted by Crippen LogP contribution is 2.53. The van der Waals surface area contributed by atoms with Crippen molar-refractivity contribution in [1.82, 2.24) is 0 Å². The summed E-state index contributed by atoms with van der Waals surface area (Å²) >= 11 is 0. The van der Waals surface area contributed by atoms with Gasteiger partial charge in [0.15, 0.2) is 5.66 Å². The molecule has 0 aromatic heterocycles. The molecule has 3 heteroatoms. The number of nitrogens with one attached hydrogen (secondary N) is 1. The van der Waals surface area contributed by atoms with Crippen LogP contribution in [0.3, 0.4) is 0 Å². The van der Waals surface area contributed by atoms with Gasteiger partial charge >= 0.3 is 0 Å². The molecule has 23 heavy (non-hydrogen) atoms. The van der Waals surface area contributed by atoms with Crippen LogP contribution < -0.4 is 10.2 Å². The van der Waals surface area contributed by atoms with Crippen LogP contribution in [-0.2, 0) is 5.66 Å². The topological polar surface area (TPSA) is 32.3 Å². The molecule has 3 aromatic carbocycles. The predicted octanol–water partition coefficient (Wildman–Crippen LogP) is 3.97. The van der Waals surface area contributed by atoms with Crippen molar-refractivity contribution >= 4 is 17.3 Å². The van der Waals surface area contributed by atoms with Gasteiger partial charge in [0, 0.05) is 16.7 Å². The van der Waals surface area contributed by atoms with Crippen molar-refractivity contribution in [2.24, 2.45) is 0 Å². The van der Waals surface area contributed by atoms with Crippen LogP contribution in [0.2, 0.25) is 0 Å². The number of amides is 1. The molecule has 1 atom stereocenters. The van der Waals surface area contributed by atoms with E-state index in [1.165, 1.54) is 0 Å². The number of nitrogens with zero attached hydrogens (tertiary/aromatic N) is 1. The maximum atomic E-state index is 13.1. The summed E-state index contributed by atoms with van der Waals surface area (Å²) in [5, 5.41) is 3.62. The van der Waals surface area contributed by atoms with Crippen molar-refractivity contribution in [3.8, 4) is 0 Å². The molecule has 3 nitrogen and oxygen atoms in total. The first-order chi connectivity index (χ1) is 11.3. The van der Waals surface area contributed by atoms with Crippen molar-refractivity contribution in [1.29, 1.82) is 0 Å². The van der Waals surface area contributed by atoms with Gasteiger partial charge in [-0.1, -0.05) is 60.7 Å². The lowest BCUT2D eigenvalue weighted by molar-refractivity contribution is 0.0988. The first kappa shape index (κ1) is 12.5. The predicted molar refractivity (Wildman–Crippen MR) is 90.5 cm³/mol. The van der Waals surface area contributed by atoms with Gasteiger partial charge in [-0.25, -0.2) is 0 Å². The summed E-state index contributed by atoms with van der Waals surface area (Å²) in [6.07, 6.45) is 0. The molecule has 0 unspecified atom stereocenters. The van der Waals surface area contributed by atoms with Gasteiger partial charge in [-0.3, -0.25) is 9.69 Å². The fourth-order valence-corrected chi connectivity index (χ4v) is 3.80. The summed E-state index contributed by atoms with van der Waals surface area (Å²) in [7, 11) is 0. The van der Waals surface area contributed by atoms with Crippen molar-refractivity contribution in [3.05, 3.63) is 95.6 Å². The highest BCUT2D eigenvalue weighted by atomic mass is 16.2. The van der Waals surface area contributed by atoms with E-state index in [-0.39, 0.29) is 5.91 Å². The fourth-order valence-electron chi connectivity index (χ4n) is 3.80. The van der Waals surface area contributed by atoms with Crippen LogP contribution in [0.25, 0.3) is 0 Å². The Kier molecular flexibility index (Phi) is 2.29. The summed E-state index contributed by atoms with van der Waals surface area (Å²) in [5.41, 5.74) is 4.09. The zero-order valence-corrected chi connectivity index (χ0v) is 12.4. The summed E-state index contributed by atoms with van der Waals surface area (Å²) in [5.74, 6) is 0.0434. The second-order valence-corrected chi connectivity index (χ2v) is 5.90. The Morgan fingerprint density at radius 3 is 2.35 bits per heavy atom. The van der Waals surface area contributed by atoms with E-state index in [1.807, 2.05) is 71.6 Å². The second-order valence-electron chi connectivity index (χ2n) is 5.90. The lowest BCUT2D eigenvalue weighted by Gasteiger charge is -2.34. The molecule has 2 heterocycles. The fraction of sp³-hybridized carbons (Fsp3) is 0.0500. The average Bonchev–Trinajstić information content (AvgIpc) is 3.09. The normalized spacial score (nSPS) is 20.7. The third-order valence-corrected chi connectivity index (χ3v) is 4.74. The van der Waals surface area contributed by atoms with Crippen LogP contribution in [0, 0.1) is 0 Å². The first-order valence-electron chi connectivity index (χ1n) is 7.69. The summed E-state index contributed by atoms with van der Waals surface area (Å²) < 4.78 is 0. The minimum atomic E-state index is -0.654. The first-order valence-corrected chi connectivity index (χ1v) is 7.69. The molecule has 2 aliphatic heterocycles. The Morgan fingerprint density at radius 2 is 1.48 bits per heavy atom. The summed E-state index contributed by atoms with van der Waals surface area (Å²) in [6, 6.07) is 26.0. The van der Waals surface area contributed by atoms with Gasteiger partial charge in [0.1, 0.15) is 0 Å². The van der Waals surface area contributed by atoms with Crippen molar-refractivity contribution in [2.45, 2.75) is 5.66 Å². The maximum absolute atomic E-state index is 13.1. The van der Waals surface area contributed by atoms with Gasteiger partial charge < -0.3 is 5.32 Å². The number of anilines is 2. The second kappa shape index (κ2) is 4.23. The van der Waals surface area contributed by atoms with Gasteiger partial charge in [0.25, 0.3) is 5.91 Å². The Morgan fingerprint density at radius 1 is 0.783 bits per heavy atom. The molecule has 1 amide bonds. The molecule has 1 N–H and O–H groups in total. The molecule has 0 aliphatic carbocycles. The number of rotatable bonds is 1. The monoisotopic (exact) mass is 298 g/mol. The lowest BCUT2D eigenvalue weighted by Crippen LogP contribution is -2.46. The largest absolute Gasteiger partial charge is 0.353 e.